The lowest BCUT2D eigenvalue weighted by atomic mass is 10.2. The molecule has 1 saturated heterocycles. The van der Waals surface area contributed by atoms with Crippen molar-refractivity contribution in [3.63, 3.8) is 0 Å². The lowest BCUT2D eigenvalue weighted by Gasteiger charge is -2.20. The fraction of sp³-hybridized carbons (Fsp3) is 0.688. The lowest BCUT2D eigenvalue weighted by Crippen LogP contribution is -2.35. The summed E-state index contributed by atoms with van der Waals surface area (Å²) in [6.45, 7) is 4.77. The fourth-order valence-electron chi connectivity index (χ4n) is 2.73. The molecule has 1 aromatic rings. The summed E-state index contributed by atoms with van der Waals surface area (Å²) < 4.78 is 2.05. The highest BCUT2D eigenvalue weighted by Gasteiger charge is 2.17. The first kappa shape index (κ1) is 16.5. The van der Waals surface area contributed by atoms with Crippen LogP contribution < -0.4 is 5.32 Å². The monoisotopic (exact) mass is 306 g/mol. The van der Waals surface area contributed by atoms with Gasteiger partial charge in [0.15, 0.2) is 0 Å². The molecule has 0 aromatic carbocycles. The number of carbonyl (C=O) groups excluding carboxylic acids is 2. The molecule has 6 heteroatoms. The Bertz CT molecular complexity index is 498. The molecular weight excluding hydrogens is 280 g/mol. The van der Waals surface area contributed by atoms with Crippen molar-refractivity contribution in [3.8, 4) is 0 Å². The number of nitrogens with one attached hydrogen (secondary N) is 1. The first-order valence-electron chi connectivity index (χ1n) is 8.25. The van der Waals surface area contributed by atoms with Crippen LogP contribution in [0, 0.1) is 0 Å². The van der Waals surface area contributed by atoms with Crippen LogP contribution in [0.3, 0.4) is 0 Å². The zero-order valence-electron chi connectivity index (χ0n) is 13.4. The Balaban J connectivity index is 1.73. The van der Waals surface area contributed by atoms with Crippen LogP contribution in [0.4, 0.5) is 0 Å². The van der Waals surface area contributed by atoms with E-state index in [2.05, 4.69) is 21.8 Å². The van der Waals surface area contributed by atoms with Gasteiger partial charge in [-0.2, -0.15) is 0 Å². The number of amides is 2. The minimum atomic E-state index is -0.0249. The van der Waals surface area contributed by atoms with Crippen LogP contribution in [0.5, 0.6) is 0 Å². The molecule has 1 aliphatic heterocycles. The van der Waals surface area contributed by atoms with Gasteiger partial charge < -0.3 is 14.8 Å². The number of rotatable bonds is 7. The molecule has 0 bridgehead atoms. The summed E-state index contributed by atoms with van der Waals surface area (Å²) in [6.07, 6.45) is 8.83. The Morgan fingerprint density at radius 3 is 3.00 bits per heavy atom. The molecule has 1 fully saturated rings. The quantitative estimate of drug-likeness (QED) is 0.834. The first-order chi connectivity index (χ1) is 10.7. The topological polar surface area (TPSA) is 67.2 Å². The minimum absolute atomic E-state index is 0.0249. The van der Waals surface area contributed by atoms with Gasteiger partial charge in [-0.05, 0) is 19.3 Å². The van der Waals surface area contributed by atoms with E-state index in [-0.39, 0.29) is 11.8 Å². The zero-order valence-corrected chi connectivity index (χ0v) is 13.4. The van der Waals surface area contributed by atoms with Crippen LogP contribution in [0.2, 0.25) is 0 Å². The summed E-state index contributed by atoms with van der Waals surface area (Å²) in [5, 5.41) is 2.89. The van der Waals surface area contributed by atoms with E-state index in [1.54, 1.807) is 6.20 Å². The van der Waals surface area contributed by atoms with Crippen LogP contribution in [-0.4, -0.2) is 39.4 Å². The molecular formula is C16H26N4O2. The SMILES string of the molecule is CCCn1ccnc1CNC(=O)CCN1CCCCCC1=O. The summed E-state index contributed by atoms with van der Waals surface area (Å²) in [5.41, 5.74) is 0. The summed E-state index contributed by atoms with van der Waals surface area (Å²) in [5.74, 6) is 1.04. The molecule has 0 radical (unpaired) electrons. The van der Waals surface area contributed by atoms with E-state index in [1.165, 1.54) is 0 Å². The van der Waals surface area contributed by atoms with Crippen molar-refractivity contribution in [2.75, 3.05) is 13.1 Å². The van der Waals surface area contributed by atoms with E-state index < -0.39 is 0 Å². The van der Waals surface area contributed by atoms with Gasteiger partial charge in [0.1, 0.15) is 5.82 Å². The van der Waals surface area contributed by atoms with Crippen molar-refractivity contribution >= 4 is 11.8 Å². The molecule has 1 aromatic heterocycles. The zero-order chi connectivity index (χ0) is 15.8. The van der Waals surface area contributed by atoms with Gasteiger partial charge in [-0.1, -0.05) is 13.3 Å². The second-order valence-electron chi connectivity index (χ2n) is 5.76. The predicted octanol–water partition coefficient (Wildman–Crippen LogP) is 1.70. The summed E-state index contributed by atoms with van der Waals surface area (Å²) in [6, 6.07) is 0. The van der Waals surface area contributed by atoms with E-state index in [9.17, 15) is 9.59 Å². The molecule has 0 aliphatic carbocycles. The number of imidazole rings is 1. The maximum absolute atomic E-state index is 12.0. The van der Waals surface area contributed by atoms with Gasteiger partial charge in [-0.15, -0.1) is 0 Å². The number of nitrogens with zero attached hydrogens (tertiary/aromatic N) is 3. The van der Waals surface area contributed by atoms with Gasteiger partial charge >= 0.3 is 0 Å². The third-order valence-corrected chi connectivity index (χ3v) is 3.99. The van der Waals surface area contributed by atoms with Gasteiger partial charge in [0.2, 0.25) is 11.8 Å². The van der Waals surface area contributed by atoms with Crippen molar-refractivity contribution in [1.29, 1.82) is 0 Å². The van der Waals surface area contributed by atoms with Crippen molar-refractivity contribution in [3.05, 3.63) is 18.2 Å². The highest BCUT2D eigenvalue weighted by Crippen LogP contribution is 2.11. The standard InChI is InChI=1S/C16H26N4O2/c1-2-9-19-12-8-17-14(19)13-18-15(21)7-11-20-10-5-3-4-6-16(20)22/h8,12H,2-7,9-11,13H2,1H3,(H,18,21). The molecule has 0 unspecified atom stereocenters. The van der Waals surface area contributed by atoms with E-state index >= 15 is 0 Å². The van der Waals surface area contributed by atoms with Gasteiger partial charge in [-0.25, -0.2) is 4.98 Å². The van der Waals surface area contributed by atoms with Gasteiger partial charge in [0.05, 0.1) is 6.54 Å². The van der Waals surface area contributed by atoms with Gasteiger partial charge in [0.25, 0.3) is 0 Å². The van der Waals surface area contributed by atoms with E-state index in [0.29, 0.717) is 25.9 Å². The maximum atomic E-state index is 12.0. The maximum Gasteiger partial charge on any atom is 0.222 e. The lowest BCUT2D eigenvalue weighted by molar-refractivity contribution is -0.131. The average Bonchev–Trinajstić information content (AvgIpc) is 2.84. The van der Waals surface area contributed by atoms with Crippen LogP contribution in [0.25, 0.3) is 0 Å². The van der Waals surface area contributed by atoms with Crippen LogP contribution in [0.15, 0.2) is 12.4 Å². The van der Waals surface area contributed by atoms with Crippen molar-refractivity contribution < 1.29 is 9.59 Å². The Morgan fingerprint density at radius 2 is 2.18 bits per heavy atom. The second kappa shape index (κ2) is 8.56. The van der Waals surface area contributed by atoms with Crippen molar-refractivity contribution in [1.82, 2.24) is 19.8 Å². The first-order valence-corrected chi connectivity index (χ1v) is 8.25. The molecule has 2 heterocycles. The Morgan fingerprint density at radius 1 is 1.32 bits per heavy atom. The molecule has 0 atom stereocenters. The third-order valence-electron chi connectivity index (χ3n) is 3.99. The van der Waals surface area contributed by atoms with Crippen molar-refractivity contribution in [2.45, 2.75) is 58.5 Å². The fourth-order valence-corrected chi connectivity index (χ4v) is 2.73. The smallest absolute Gasteiger partial charge is 0.222 e. The van der Waals surface area contributed by atoms with E-state index in [0.717, 1.165) is 44.6 Å². The summed E-state index contributed by atoms with van der Waals surface area (Å²) >= 11 is 0. The number of hydrogen-bond donors (Lipinski definition) is 1. The molecule has 6 nitrogen and oxygen atoms in total. The number of hydrogen-bond acceptors (Lipinski definition) is 3. The number of likely N-dealkylation sites (tertiary alicyclic amines) is 1. The minimum Gasteiger partial charge on any atom is -0.349 e. The molecule has 0 spiro atoms. The highest BCUT2D eigenvalue weighted by molar-refractivity contribution is 5.79. The van der Waals surface area contributed by atoms with Crippen LogP contribution in [-0.2, 0) is 22.7 Å². The van der Waals surface area contributed by atoms with E-state index in [1.807, 2.05) is 11.1 Å². The molecule has 122 valence electrons. The van der Waals surface area contributed by atoms with Crippen molar-refractivity contribution in [2.24, 2.45) is 0 Å². The van der Waals surface area contributed by atoms with Gasteiger partial charge in [-0.3, -0.25) is 9.59 Å². The Labute approximate surface area is 131 Å². The van der Waals surface area contributed by atoms with Crippen LogP contribution >= 0.6 is 0 Å². The summed E-state index contributed by atoms with van der Waals surface area (Å²) in [7, 11) is 0. The third kappa shape index (κ3) is 4.86. The molecule has 2 amide bonds. The van der Waals surface area contributed by atoms with Gasteiger partial charge in [0, 0.05) is 44.9 Å². The van der Waals surface area contributed by atoms with E-state index in [4.69, 9.17) is 0 Å². The number of carbonyl (C=O) groups is 2. The molecule has 1 aliphatic rings. The number of aromatic nitrogens is 2. The molecule has 2 rings (SSSR count). The normalized spacial score (nSPS) is 15.7. The predicted molar refractivity (Wildman–Crippen MR) is 84.0 cm³/mol. The summed E-state index contributed by atoms with van der Waals surface area (Å²) in [4.78, 5) is 29.9. The molecule has 1 N–H and O–H groups in total. The Hall–Kier alpha value is -1.85. The van der Waals surface area contributed by atoms with Crippen LogP contribution in [0.1, 0.15) is 51.3 Å². The number of aryl methyl sites for hydroxylation is 1. The highest BCUT2D eigenvalue weighted by atomic mass is 16.2. The Kier molecular flexibility index (Phi) is 6.43. The largest absolute Gasteiger partial charge is 0.349 e. The average molecular weight is 306 g/mol. The second-order valence-corrected chi connectivity index (χ2v) is 5.76. The molecule has 22 heavy (non-hydrogen) atoms. The molecule has 0 saturated carbocycles.